The average Bonchev–Trinajstić information content (AvgIpc) is 2.79. The molecular weight excluding hydrogens is 394 g/mol. The Balaban J connectivity index is 1.91. The number of aromatic nitrogens is 2. The molecule has 1 amide bonds. The lowest BCUT2D eigenvalue weighted by atomic mass is 10.2. The number of nitrogens with two attached hydrogens (primary N) is 1. The molecule has 2 rings (SSSR count). The van der Waals surface area contributed by atoms with E-state index in [2.05, 4.69) is 25.9 Å². The van der Waals surface area contributed by atoms with Gasteiger partial charge in [0, 0.05) is 31.9 Å². The third-order valence-corrected chi connectivity index (χ3v) is 4.74. The molecule has 0 saturated heterocycles. The number of amides is 1. The summed E-state index contributed by atoms with van der Waals surface area (Å²) in [6.45, 7) is 8.04. The number of nitriles is 1. The highest BCUT2D eigenvalue weighted by Gasteiger charge is 2.20. The average molecular weight is 424 g/mol. The first kappa shape index (κ1) is 23.8. The predicted molar refractivity (Wildman–Crippen MR) is 120 cm³/mol. The number of aliphatic imine (C=N–C) groups is 1. The van der Waals surface area contributed by atoms with Gasteiger partial charge in [0.25, 0.3) is 0 Å². The normalized spacial score (nSPS) is 11.8. The molecule has 0 saturated carbocycles. The van der Waals surface area contributed by atoms with Gasteiger partial charge in [-0.15, -0.1) is 0 Å². The fourth-order valence-electron chi connectivity index (χ4n) is 3.18. The Morgan fingerprint density at radius 1 is 1.32 bits per heavy atom. The molecule has 2 heterocycles. The van der Waals surface area contributed by atoms with Crippen LogP contribution in [0.5, 0.6) is 0 Å². The highest BCUT2D eigenvalue weighted by atomic mass is 16.5. The second kappa shape index (κ2) is 12.2. The molecule has 2 N–H and O–H groups in total. The van der Waals surface area contributed by atoms with Crippen LogP contribution in [0.1, 0.15) is 32.0 Å². The zero-order valence-corrected chi connectivity index (χ0v) is 18.2. The molecule has 0 aliphatic rings. The van der Waals surface area contributed by atoms with Crippen LogP contribution in [-0.4, -0.2) is 59.4 Å². The first-order valence-corrected chi connectivity index (χ1v) is 10.2. The number of nitrogens with zero attached hydrogens (tertiary/aromatic N) is 6. The van der Waals surface area contributed by atoms with Crippen LogP contribution in [0.3, 0.4) is 0 Å². The molecule has 0 aliphatic carbocycles. The molecule has 0 aliphatic heterocycles. The maximum absolute atomic E-state index is 12.7. The standard InChI is InChI=1S/C22H29N7O2/c1-4-28(13-17(3)29(5-2)21-10-9-18(11-23)12-25-21)22(30)15-31-14-19-7-6-8-20(27-19)26-16-24/h6-10,12,16-17H,4-5,13-15H2,1-3H3,(H2,24,26,27). The van der Waals surface area contributed by atoms with E-state index in [9.17, 15) is 4.79 Å². The van der Waals surface area contributed by atoms with Crippen LogP contribution in [0.4, 0.5) is 11.6 Å². The first-order valence-electron chi connectivity index (χ1n) is 10.2. The van der Waals surface area contributed by atoms with E-state index in [1.807, 2.05) is 39.0 Å². The van der Waals surface area contributed by atoms with E-state index < -0.39 is 0 Å². The van der Waals surface area contributed by atoms with Gasteiger partial charge in [-0.1, -0.05) is 6.07 Å². The lowest BCUT2D eigenvalue weighted by Crippen LogP contribution is -2.46. The van der Waals surface area contributed by atoms with E-state index in [0.717, 1.165) is 12.4 Å². The summed E-state index contributed by atoms with van der Waals surface area (Å²) >= 11 is 0. The Labute approximate surface area is 183 Å². The Morgan fingerprint density at radius 3 is 2.74 bits per heavy atom. The van der Waals surface area contributed by atoms with Crippen LogP contribution in [0.15, 0.2) is 41.5 Å². The molecule has 0 fully saturated rings. The van der Waals surface area contributed by atoms with Crippen molar-refractivity contribution in [3.8, 4) is 6.07 Å². The van der Waals surface area contributed by atoms with Crippen molar-refractivity contribution in [3.63, 3.8) is 0 Å². The lowest BCUT2D eigenvalue weighted by Gasteiger charge is -2.33. The third-order valence-electron chi connectivity index (χ3n) is 4.74. The van der Waals surface area contributed by atoms with Crippen LogP contribution in [0.25, 0.3) is 0 Å². The smallest absolute Gasteiger partial charge is 0.248 e. The van der Waals surface area contributed by atoms with Gasteiger partial charge in [0.2, 0.25) is 5.91 Å². The minimum atomic E-state index is -0.0886. The molecule has 31 heavy (non-hydrogen) atoms. The maximum atomic E-state index is 12.7. The molecular formula is C22H29N7O2. The summed E-state index contributed by atoms with van der Waals surface area (Å²) < 4.78 is 5.58. The van der Waals surface area contributed by atoms with Gasteiger partial charge in [0.05, 0.1) is 24.2 Å². The molecule has 164 valence electrons. The summed E-state index contributed by atoms with van der Waals surface area (Å²) in [7, 11) is 0. The van der Waals surface area contributed by atoms with Gasteiger partial charge in [0.1, 0.15) is 18.5 Å². The van der Waals surface area contributed by atoms with E-state index in [0.29, 0.717) is 30.2 Å². The van der Waals surface area contributed by atoms with Gasteiger partial charge in [-0.2, -0.15) is 5.26 Å². The minimum Gasteiger partial charge on any atom is -0.390 e. The quantitative estimate of drug-likeness (QED) is 0.434. The largest absolute Gasteiger partial charge is 0.390 e. The predicted octanol–water partition coefficient (Wildman–Crippen LogP) is 2.25. The summed E-state index contributed by atoms with van der Waals surface area (Å²) in [4.78, 5) is 29.1. The highest BCUT2D eigenvalue weighted by Crippen LogP contribution is 2.15. The number of hydrogen-bond donors (Lipinski definition) is 1. The number of ether oxygens (including phenoxy) is 1. The number of carbonyl (C=O) groups excluding carboxylic acids is 1. The van der Waals surface area contributed by atoms with Crippen molar-refractivity contribution in [1.29, 1.82) is 5.26 Å². The molecule has 0 spiro atoms. The molecule has 2 aromatic rings. The molecule has 1 atom stereocenters. The van der Waals surface area contributed by atoms with Gasteiger partial charge < -0.3 is 20.3 Å². The fraction of sp³-hybridized carbons (Fsp3) is 0.409. The van der Waals surface area contributed by atoms with Crippen LogP contribution in [0, 0.1) is 11.3 Å². The molecule has 1 unspecified atom stereocenters. The number of carbonyl (C=O) groups is 1. The zero-order chi connectivity index (χ0) is 22.6. The van der Waals surface area contributed by atoms with E-state index in [4.69, 9.17) is 15.7 Å². The second-order valence-corrected chi connectivity index (χ2v) is 6.84. The number of anilines is 1. The van der Waals surface area contributed by atoms with E-state index in [1.54, 1.807) is 23.2 Å². The number of likely N-dealkylation sites (N-methyl/N-ethyl adjacent to an activating group) is 2. The summed E-state index contributed by atoms with van der Waals surface area (Å²) in [6.07, 6.45) is 2.74. The summed E-state index contributed by atoms with van der Waals surface area (Å²) in [5.74, 6) is 1.18. The van der Waals surface area contributed by atoms with Crippen molar-refractivity contribution in [3.05, 3.63) is 47.8 Å². The van der Waals surface area contributed by atoms with Crippen molar-refractivity contribution >= 4 is 23.9 Å². The fourth-order valence-corrected chi connectivity index (χ4v) is 3.18. The van der Waals surface area contributed by atoms with Crippen molar-refractivity contribution in [2.75, 3.05) is 31.1 Å². The molecule has 9 nitrogen and oxygen atoms in total. The van der Waals surface area contributed by atoms with Gasteiger partial charge in [-0.3, -0.25) is 4.79 Å². The SMILES string of the molecule is CCN(CC(C)N(CC)c1ccc(C#N)cn1)C(=O)COCc1cccc(/N=C\N)n1. The maximum Gasteiger partial charge on any atom is 0.248 e. The first-order chi connectivity index (χ1) is 15.0. The van der Waals surface area contributed by atoms with Crippen LogP contribution in [0.2, 0.25) is 0 Å². The number of hydrogen-bond acceptors (Lipinski definition) is 7. The molecule has 9 heteroatoms. The van der Waals surface area contributed by atoms with Gasteiger partial charge in [-0.05, 0) is 45.0 Å². The van der Waals surface area contributed by atoms with Gasteiger partial charge in [0.15, 0.2) is 5.82 Å². The molecule has 0 radical (unpaired) electrons. The topological polar surface area (TPSA) is 121 Å². The Morgan fingerprint density at radius 2 is 2.13 bits per heavy atom. The number of pyridine rings is 2. The molecule has 0 aromatic carbocycles. The van der Waals surface area contributed by atoms with Crippen molar-refractivity contribution in [2.24, 2.45) is 10.7 Å². The summed E-state index contributed by atoms with van der Waals surface area (Å²) in [5.41, 5.74) is 6.48. The van der Waals surface area contributed by atoms with Crippen LogP contribution >= 0.6 is 0 Å². The second-order valence-electron chi connectivity index (χ2n) is 6.84. The summed E-state index contributed by atoms with van der Waals surface area (Å²) in [6, 6.07) is 11.0. The lowest BCUT2D eigenvalue weighted by molar-refractivity contribution is -0.136. The van der Waals surface area contributed by atoms with Crippen molar-refractivity contribution < 1.29 is 9.53 Å². The van der Waals surface area contributed by atoms with Crippen LogP contribution < -0.4 is 10.6 Å². The van der Waals surface area contributed by atoms with E-state index in [-0.39, 0.29) is 25.2 Å². The highest BCUT2D eigenvalue weighted by molar-refractivity contribution is 5.77. The minimum absolute atomic E-state index is 0.0339. The zero-order valence-electron chi connectivity index (χ0n) is 18.2. The number of rotatable bonds is 11. The summed E-state index contributed by atoms with van der Waals surface area (Å²) in [5, 5.41) is 8.95. The third kappa shape index (κ3) is 7.04. The Bertz CT molecular complexity index is 909. The monoisotopic (exact) mass is 423 g/mol. The van der Waals surface area contributed by atoms with E-state index in [1.165, 1.54) is 6.34 Å². The van der Waals surface area contributed by atoms with Gasteiger partial charge >= 0.3 is 0 Å². The Kier molecular flexibility index (Phi) is 9.39. The van der Waals surface area contributed by atoms with Crippen LogP contribution in [-0.2, 0) is 16.1 Å². The molecule has 2 aromatic heterocycles. The van der Waals surface area contributed by atoms with Crippen molar-refractivity contribution in [1.82, 2.24) is 14.9 Å². The molecule has 0 bridgehead atoms. The Hall–Kier alpha value is -3.51. The van der Waals surface area contributed by atoms with E-state index >= 15 is 0 Å². The van der Waals surface area contributed by atoms with Gasteiger partial charge in [-0.25, -0.2) is 15.0 Å². The van der Waals surface area contributed by atoms with Crippen molar-refractivity contribution in [2.45, 2.75) is 33.4 Å².